The van der Waals surface area contributed by atoms with Crippen molar-refractivity contribution in [3.05, 3.63) is 29.3 Å². The number of nitrogens with zero attached hydrogens (tertiary/aromatic N) is 2. The van der Waals surface area contributed by atoms with E-state index in [1.54, 1.807) is 13.2 Å². The molecule has 0 aromatic heterocycles. The summed E-state index contributed by atoms with van der Waals surface area (Å²) in [6.45, 7) is 0.580. The van der Waals surface area contributed by atoms with Gasteiger partial charge in [0, 0.05) is 12.6 Å². The van der Waals surface area contributed by atoms with Crippen LogP contribution in [0.3, 0.4) is 0 Å². The minimum Gasteiger partial charge on any atom is -0.495 e. The molecule has 2 aliphatic rings. The summed E-state index contributed by atoms with van der Waals surface area (Å²) in [7, 11) is 1.55. The van der Waals surface area contributed by atoms with Crippen LogP contribution in [0.5, 0.6) is 5.75 Å². The van der Waals surface area contributed by atoms with Crippen LogP contribution in [0.1, 0.15) is 43.2 Å². The second-order valence-corrected chi connectivity index (χ2v) is 6.52. The van der Waals surface area contributed by atoms with E-state index in [1.165, 1.54) is 12.8 Å². The zero-order valence-corrected chi connectivity index (χ0v) is 13.4. The second kappa shape index (κ2) is 6.59. The Labute approximate surface area is 136 Å². The Bertz CT molecular complexity index is 638. The third-order valence-corrected chi connectivity index (χ3v) is 5.26. The van der Waals surface area contributed by atoms with E-state index in [4.69, 9.17) is 4.74 Å². The van der Waals surface area contributed by atoms with Gasteiger partial charge in [-0.05, 0) is 42.9 Å². The van der Waals surface area contributed by atoms with Gasteiger partial charge in [-0.25, -0.2) is 0 Å². The molecule has 0 bridgehead atoms. The first-order chi connectivity index (χ1) is 11.1. The van der Waals surface area contributed by atoms with Crippen molar-refractivity contribution >= 4 is 5.97 Å². The van der Waals surface area contributed by atoms with E-state index in [9.17, 15) is 15.2 Å². The van der Waals surface area contributed by atoms with Crippen molar-refractivity contribution < 1.29 is 14.6 Å². The number of hydrogen-bond acceptors (Lipinski definition) is 4. The van der Waals surface area contributed by atoms with Gasteiger partial charge in [0.25, 0.3) is 0 Å². The number of hydrogen-bond donors (Lipinski definition) is 1. The maximum atomic E-state index is 11.7. The highest BCUT2D eigenvalue weighted by Gasteiger charge is 2.44. The first-order valence-corrected chi connectivity index (χ1v) is 8.19. The van der Waals surface area contributed by atoms with Crippen molar-refractivity contribution in [2.75, 3.05) is 7.11 Å². The first-order valence-electron chi connectivity index (χ1n) is 8.19. The molecule has 1 aromatic rings. The number of benzene rings is 1. The van der Waals surface area contributed by atoms with Gasteiger partial charge in [-0.2, -0.15) is 5.26 Å². The summed E-state index contributed by atoms with van der Waals surface area (Å²) in [5.74, 6) is 0.329. The Morgan fingerprint density at radius 1 is 1.43 bits per heavy atom. The maximum Gasteiger partial charge on any atom is 0.320 e. The number of rotatable bonds is 4. The van der Waals surface area contributed by atoms with Crippen molar-refractivity contribution in [1.29, 1.82) is 5.26 Å². The zero-order valence-electron chi connectivity index (χ0n) is 13.4. The van der Waals surface area contributed by atoms with Crippen LogP contribution >= 0.6 is 0 Å². The van der Waals surface area contributed by atoms with Crippen LogP contribution in [-0.2, 0) is 11.3 Å². The average molecular weight is 314 g/mol. The SMILES string of the molecule is COc1ccc(CN2C(C(=O)O)CC3CCCCC32)cc1C#N. The van der Waals surface area contributed by atoms with E-state index >= 15 is 0 Å². The number of carbonyl (C=O) groups is 1. The van der Waals surface area contributed by atoms with E-state index in [1.807, 2.05) is 12.1 Å². The van der Waals surface area contributed by atoms with Crippen molar-refractivity contribution in [2.24, 2.45) is 5.92 Å². The van der Waals surface area contributed by atoms with Gasteiger partial charge in [-0.3, -0.25) is 9.69 Å². The quantitative estimate of drug-likeness (QED) is 0.925. The lowest BCUT2D eigenvalue weighted by atomic mass is 9.84. The van der Waals surface area contributed by atoms with Gasteiger partial charge in [0.05, 0.1) is 12.7 Å². The molecule has 2 fully saturated rings. The van der Waals surface area contributed by atoms with Crippen molar-refractivity contribution in [2.45, 2.75) is 50.7 Å². The van der Waals surface area contributed by atoms with Crippen LogP contribution in [-0.4, -0.2) is 35.2 Å². The molecule has 1 heterocycles. The third-order valence-electron chi connectivity index (χ3n) is 5.26. The molecule has 1 aromatic carbocycles. The van der Waals surface area contributed by atoms with Gasteiger partial charge in [-0.1, -0.05) is 18.9 Å². The van der Waals surface area contributed by atoms with Crippen molar-refractivity contribution in [1.82, 2.24) is 4.90 Å². The van der Waals surface area contributed by atoms with Gasteiger partial charge < -0.3 is 9.84 Å². The number of carboxylic acid groups (broad SMARTS) is 1. The lowest BCUT2D eigenvalue weighted by Gasteiger charge is -2.33. The Kier molecular flexibility index (Phi) is 4.53. The molecule has 1 saturated heterocycles. The molecule has 1 N–H and O–H groups in total. The summed E-state index contributed by atoms with van der Waals surface area (Å²) in [5.41, 5.74) is 1.47. The van der Waals surface area contributed by atoms with Gasteiger partial charge in [0.1, 0.15) is 17.9 Å². The number of methoxy groups -OCH3 is 1. The van der Waals surface area contributed by atoms with Gasteiger partial charge in [0.15, 0.2) is 0 Å². The molecule has 3 unspecified atom stereocenters. The predicted molar refractivity (Wildman–Crippen MR) is 85.0 cm³/mol. The fourth-order valence-electron chi connectivity index (χ4n) is 4.17. The van der Waals surface area contributed by atoms with Crippen LogP contribution in [0, 0.1) is 17.2 Å². The predicted octanol–water partition coefficient (Wildman–Crippen LogP) is 2.78. The standard InChI is InChI=1S/C18H22N2O3/c1-23-17-7-6-12(8-14(17)10-19)11-20-15-5-3-2-4-13(15)9-16(20)18(21)22/h6-8,13,15-16H,2-5,9,11H2,1H3,(H,21,22). The van der Waals surface area contributed by atoms with Crippen LogP contribution < -0.4 is 4.74 Å². The van der Waals surface area contributed by atoms with Crippen LogP contribution in [0.2, 0.25) is 0 Å². The molecule has 5 nitrogen and oxygen atoms in total. The van der Waals surface area contributed by atoms with Crippen LogP contribution in [0.15, 0.2) is 18.2 Å². The summed E-state index contributed by atoms with van der Waals surface area (Å²) in [5, 5.41) is 18.8. The maximum absolute atomic E-state index is 11.7. The normalized spacial score (nSPS) is 27.2. The molecule has 1 aliphatic heterocycles. The van der Waals surface area contributed by atoms with Gasteiger partial charge >= 0.3 is 5.97 Å². The molecular weight excluding hydrogens is 292 g/mol. The smallest absolute Gasteiger partial charge is 0.320 e. The molecule has 3 atom stereocenters. The molecule has 23 heavy (non-hydrogen) atoms. The zero-order chi connectivity index (χ0) is 16.4. The summed E-state index contributed by atoms with van der Waals surface area (Å²) < 4.78 is 5.18. The molecule has 122 valence electrons. The Morgan fingerprint density at radius 3 is 2.91 bits per heavy atom. The minimum atomic E-state index is -0.728. The highest BCUT2D eigenvalue weighted by molar-refractivity contribution is 5.74. The van der Waals surface area contributed by atoms with E-state index in [0.29, 0.717) is 29.8 Å². The number of likely N-dealkylation sites (tertiary alicyclic amines) is 1. The average Bonchev–Trinajstić information content (AvgIpc) is 2.94. The number of nitriles is 1. The van der Waals surface area contributed by atoms with Gasteiger partial charge in [-0.15, -0.1) is 0 Å². The largest absolute Gasteiger partial charge is 0.495 e. The fraction of sp³-hybridized carbons (Fsp3) is 0.556. The summed E-state index contributed by atoms with van der Waals surface area (Å²) in [6.07, 6.45) is 5.35. The lowest BCUT2D eigenvalue weighted by molar-refractivity contribution is -0.142. The van der Waals surface area contributed by atoms with Crippen LogP contribution in [0.25, 0.3) is 0 Å². The lowest BCUT2D eigenvalue weighted by Crippen LogP contribution is -2.41. The van der Waals surface area contributed by atoms with E-state index in [2.05, 4.69) is 11.0 Å². The topological polar surface area (TPSA) is 73.6 Å². The van der Waals surface area contributed by atoms with Crippen molar-refractivity contribution in [3.63, 3.8) is 0 Å². The van der Waals surface area contributed by atoms with E-state index in [-0.39, 0.29) is 0 Å². The molecule has 0 radical (unpaired) electrons. The number of ether oxygens (including phenoxy) is 1. The first kappa shape index (κ1) is 15.8. The molecule has 1 aliphatic carbocycles. The second-order valence-electron chi connectivity index (χ2n) is 6.52. The number of carboxylic acids is 1. The molecular formula is C18H22N2O3. The van der Waals surface area contributed by atoms with Crippen molar-refractivity contribution in [3.8, 4) is 11.8 Å². The third kappa shape index (κ3) is 3.04. The highest BCUT2D eigenvalue weighted by Crippen LogP contribution is 2.40. The molecule has 0 amide bonds. The Morgan fingerprint density at radius 2 is 2.22 bits per heavy atom. The monoisotopic (exact) mass is 314 g/mol. The highest BCUT2D eigenvalue weighted by atomic mass is 16.5. The number of aliphatic carboxylic acids is 1. The Balaban J connectivity index is 1.84. The summed E-state index contributed by atoms with van der Waals surface area (Å²) in [6, 6.07) is 7.62. The van der Waals surface area contributed by atoms with E-state index < -0.39 is 12.0 Å². The molecule has 0 spiro atoms. The molecule has 5 heteroatoms. The summed E-state index contributed by atoms with van der Waals surface area (Å²) in [4.78, 5) is 13.8. The molecule has 1 saturated carbocycles. The fourth-order valence-corrected chi connectivity index (χ4v) is 4.17. The minimum absolute atomic E-state index is 0.359. The number of fused-ring (bicyclic) bond motifs is 1. The Hall–Kier alpha value is -2.06. The van der Waals surface area contributed by atoms with Crippen LogP contribution in [0.4, 0.5) is 0 Å². The summed E-state index contributed by atoms with van der Waals surface area (Å²) >= 11 is 0. The van der Waals surface area contributed by atoms with E-state index in [0.717, 1.165) is 24.8 Å². The molecule has 3 rings (SSSR count). The van der Waals surface area contributed by atoms with Gasteiger partial charge in [0.2, 0.25) is 0 Å².